The minimum Gasteiger partial charge on any atom is -0.377 e. The lowest BCUT2D eigenvalue weighted by molar-refractivity contribution is -0.0675. The fraction of sp³-hybridized carbons (Fsp3) is 0.600. The SMILES string of the molecule is COC1(C(Cc2cc(Br)ccc2F)NN)CCCCC1. The average Bonchev–Trinajstić information content (AvgIpc) is 2.48. The third kappa shape index (κ3) is 3.39. The Morgan fingerprint density at radius 2 is 2.10 bits per heavy atom. The molecule has 0 aliphatic heterocycles. The number of hydrogen-bond acceptors (Lipinski definition) is 3. The molecule has 3 nitrogen and oxygen atoms in total. The largest absolute Gasteiger partial charge is 0.377 e. The van der Waals surface area contributed by atoms with E-state index in [4.69, 9.17) is 10.6 Å². The zero-order chi connectivity index (χ0) is 14.6. The molecular weight excluding hydrogens is 323 g/mol. The van der Waals surface area contributed by atoms with Gasteiger partial charge >= 0.3 is 0 Å². The maximum absolute atomic E-state index is 13.9. The minimum atomic E-state index is -0.290. The van der Waals surface area contributed by atoms with Crippen LogP contribution in [0.2, 0.25) is 0 Å². The van der Waals surface area contributed by atoms with Gasteiger partial charge in [0.25, 0.3) is 0 Å². The van der Waals surface area contributed by atoms with Gasteiger partial charge in [0.1, 0.15) is 5.82 Å². The van der Waals surface area contributed by atoms with Gasteiger partial charge in [0.2, 0.25) is 0 Å². The summed E-state index contributed by atoms with van der Waals surface area (Å²) in [6.07, 6.45) is 5.95. The van der Waals surface area contributed by atoms with E-state index in [1.807, 2.05) is 6.07 Å². The second kappa shape index (κ2) is 6.98. The normalized spacial score (nSPS) is 19.8. The van der Waals surface area contributed by atoms with E-state index in [1.54, 1.807) is 13.2 Å². The standard InChI is InChI=1S/C15H22BrFN2O/c1-20-15(7-3-2-4-8-15)14(19-18)10-11-9-12(16)5-6-13(11)17/h5-6,9,14,19H,2-4,7-8,10,18H2,1H3. The molecule has 0 bridgehead atoms. The van der Waals surface area contributed by atoms with E-state index in [0.717, 1.165) is 30.2 Å². The highest BCUT2D eigenvalue weighted by Crippen LogP contribution is 2.35. The van der Waals surface area contributed by atoms with Gasteiger partial charge in [-0.05, 0) is 43.0 Å². The summed E-state index contributed by atoms with van der Waals surface area (Å²) in [5.74, 6) is 5.54. The van der Waals surface area contributed by atoms with Gasteiger partial charge < -0.3 is 4.74 Å². The van der Waals surface area contributed by atoms with Crippen molar-refractivity contribution in [1.82, 2.24) is 5.43 Å². The summed E-state index contributed by atoms with van der Waals surface area (Å²) in [6, 6.07) is 4.91. The van der Waals surface area contributed by atoms with E-state index in [9.17, 15) is 4.39 Å². The van der Waals surface area contributed by atoms with Gasteiger partial charge in [0, 0.05) is 11.6 Å². The van der Waals surface area contributed by atoms with Crippen LogP contribution in [-0.4, -0.2) is 18.8 Å². The monoisotopic (exact) mass is 344 g/mol. The molecule has 1 aromatic rings. The smallest absolute Gasteiger partial charge is 0.126 e. The van der Waals surface area contributed by atoms with Crippen LogP contribution in [0, 0.1) is 5.82 Å². The van der Waals surface area contributed by atoms with Crippen molar-refractivity contribution in [2.45, 2.75) is 50.2 Å². The van der Waals surface area contributed by atoms with Crippen molar-refractivity contribution < 1.29 is 9.13 Å². The van der Waals surface area contributed by atoms with Gasteiger partial charge in [-0.15, -0.1) is 0 Å². The molecule has 20 heavy (non-hydrogen) atoms. The summed E-state index contributed by atoms with van der Waals surface area (Å²) < 4.78 is 20.6. The molecule has 1 aromatic carbocycles. The summed E-state index contributed by atoms with van der Waals surface area (Å²) >= 11 is 3.39. The van der Waals surface area contributed by atoms with Crippen molar-refractivity contribution >= 4 is 15.9 Å². The van der Waals surface area contributed by atoms with Crippen LogP contribution in [0.25, 0.3) is 0 Å². The number of hydrogen-bond donors (Lipinski definition) is 2. The Hall–Kier alpha value is -0.490. The molecule has 2 rings (SSSR count). The van der Waals surface area contributed by atoms with E-state index < -0.39 is 0 Å². The highest BCUT2D eigenvalue weighted by atomic mass is 79.9. The van der Waals surface area contributed by atoms with Crippen LogP contribution in [0.1, 0.15) is 37.7 Å². The van der Waals surface area contributed by atoms with Crippen molar-refractivity contribution in [3.63, 3.8) is 0 Å². The van der Waals surface area contributed by atoms with Crippen molar-refractivity contribution in [2.75, 3.05) is 7.11 Å². The molecule has 1 saturated carbocycles. The van der Waals surface area contributed by atoms with E-state index >= 15 is 0 Å². The Kier molecular flexibility index (Phi) is 5.55. The van der Waals surface area contributed by atoms with Gasteiger partial charge in [0.05, 0.1) is 11.6 Å². The number of nitrogens with two attached hydrogens (primary N) is 1. The highest BCUT2D eigenvalue weighted by molar-refractivity contribution is 9.10. The molecule has 1 aliphatic rings. The lowest BCUT2D eigenvalue weighted by Gasteiger charge is -2.42. The summed E-state index contributed by atoms with van der Waals surface area (Å²) in [4.78, 5) is 0. The molecule has 0 aromatic heterocycles. The Morgan fingerprint density at radius 3 is 2.70 bits per heavy atom. The first-order valence-electron chi connectivity index (χ1n) is 7.06. The van der Waals surface area contributed by atoms with E-state index in [1.165, 1.54) is 12.5 Å². The average molecular weight is 345 g/mol. The highest BCUT2D eigenvalue weighted by Gasteiger charge is 2.39. The molecule has 0 heterocycles. The third-order valence-electron chi connectivity index (χ3n) is 4.37. The fourth-order valence-corrected chi connectivity index (χ4v) is 3.57. The first kappa shape index (κ1) is 15.9. The zero-order valence-corrected chi connectivity index (χ0v) is 13.4. The van der Waals surface area contributed by atoms with Crippen molar-refractivity contribution in [2.24, 2.45) is 5.84 Å². The molecule has 1 unspecified atom stereocenters. The molecule has 0 amide bonds. The van der Waals surface area contributed by atoms with Gasteiger partial charge in [-0.3, -0.25) is 11.3 Å². The Labute approximate surface area is 128 Å². The van der Waals surface area contributed by atoms with Gasteiger partial charge in [0.15, 0.2) is 0 Å². The first-order chi connectivity index (χ1) is 9.61. The van der Waals surface area contributed by atoms with Crippen LogP contribution in [0.4, 0.5) is 4.39 Å². The molecule has 0 radical (unpaired) electrons. The number of benzene rings is 1. The summed E-state index contributed by atoms with van der Waals surface area (Å²) in [6.45, 7) is 0. The van der Waals surface area contributed by atoms with Gasteiger partial charge in [-0.1, -0.05) is 35.2 Å². The molecule has 1 atom stereocenters. The predicted octanol–water partition coefficient (Wildman–Crippen LogP) is 3.31. The maximum atomic E-state index is 13.9. The van der Waals surface area contributed by atoms with Gasteiger partial charge in [-0.2, -0.15) is 0 Å². The topological polar surface area (TPSA) is 47.3 Å². The van der Waals surface area contributed by atoms with E-state index in [-0.39, 0.29) is 17.5 Å². The van der Waals surface area contributed by atoms with Crippen LogP contribution in [-0.2, 0) is 11.2 Å². The molecule has 1 fully saturated rings. The van der Waals surface area contributed by atoms with Crippen LogP contribution in [0.5, 0.6) is 0 Å². The van der Waals surface area contributed by atoms with Crippen LogP contribution < -0.4 is 11.3 Å². The second-order valence-corrected chi connectivity index (χ2v) is 6.40. The van der Waals surface area contributed by atoms with Crippen molar-refractivity contribution in [1.29, 1.82) is 0 Å². The van der Waals surface area contributed by atoms with Crippen LogP contribution in [0.15, 0.2) is 22.7 Å². The molecule has 0 spiro atoms. The number of ether oxygens (including phenoxy) is 1. The minimum absolute atomic E-state index is 0.0865. The zero-order valence-electron chi connectivity index (χ0n) is 11.8. The Morgan fingerprint density at radius 1 is 1.40 bits per heavy atom. The number of nitrogens with one attached hydrogen (secondary N) is 1. The van der Waals surface area contributed by atoms with E-state index in [2.05, 4.69) is 21.4 Å². The maximum Gasteiger partial charge on any atom is 0.126 e. The van der Waals surface area contributed by atoms with E-state index in [0.29, 0.717) is 12.0 Å². The molecule has 5 heteroatoms. The van der Waals surface area contributed by atoms with Crippen LogP contribution >= 0.6 is 15.9 Å². The van der Waals surface area contributed by atoms with Gasteiger partial charge in [-0.25, -0.2) is 4.39 Å². The Bertz CT molecular complexity index is 449. The summed E-state index contributed by atoms with van der Waals surface area (Å²) in [5, 5.41) is 0. The second-order valence-electron chi connectivity index (χ2n) is 5.49. The number of rotatable bonds is 5. The molecule has 112 valence electrons. The fourth-order valence-electron chi connectivity index (χ4n) is 3.16. The molecule has 3 N–H and O–H groups in total. The lowest BCUT2D eigenvalue weighted by atomic mass is 9.77. The van der Waals surface area contributed by atoms with Crippen LogP contribution in [0.3, 0.4) is 0 Å². The number of halogens is 2. The third-order valence-corrected chi connectivity index (χ3v) is 4.87. The number of methoxy groups -OCH3 is 1. The molecular formula is C15H22BrFN2O. The quantitative estimate of drug-likeness (QED) is 0.636. The molecule has 0 saturated heterocycles. The summed E-state index contributed by atoms with van der Waals surface area (Å²) in [5.41, 5.74) is 3.22. The van der Waals surface area contributed by atoms with Crippen molar-refractivity contribution in [3.05, 3.63) is 34.1 Å². The lowest BCUT2D eigenvalue weighted by Crippen LogP contribution is -2.56. The molecule has 1 aliphatic carbocycles. The van der Waals surface area contributed by atoms with Crippen molar-refractivity contribution in [3.8, 4) is 0 Å². The first-order valence-corrected chi connectivity index (χ1v) is 7.86. The predicted molar refractivity (Wildman–Crippen MR) is 81.7 cm³/mol. The summed E-state index contributed by atoms with van der Waals surface area (Å²) in [7, 11) is 1.73. The number of hydrazine groups is 1. The Balaban J connectivity index is 2.21.